The monoisotopic (exact) mass is 282 g/mol. The van der Waals surface area contributed by atoms with E-state index in [1.54, 1.807) is 0 Å². The minimum absolute atomic E-state index is 0.0819. The molecule has 0 radical (unpaired) electrons. The van der Waals surface area contributed by atoms with Gasteiger partial charge in [0.05, 0.1) is 0 Å². The number of aryl methyl sites for hydroxylation is 1. The maximum atomic E-state index is 12.1. The summed E-state index contributed by atoms with van der Waals surface area (Å²) in [7, 11) is 0. The van der Waals surface area contributed by atoms with Crippen LogP contribution >= 0.6 is 0 Å². The van der Waals surface area contributed by atoms with Gasteiger partial charge >= 0.3 is 0 Å². The van der Waals surface area contributed by atoms with Crippen molar-refractivity contribution in [2.75, 3.05) is 17.2 Å². The number of hydrogen-bond acceptors (Lipinski definition) is 2. The predicted molar refractivity (Wildman–Crippen MR) is 88.9 cm³/mol. The largest absolute Gasteiger partial charge is 0.385 e. The van der Waals surface area contributed by atoms with Gasteiger partial charge in [-0.3, -0.25) is 4.79 Å². The minimum Gasteiger partial charge on any atom is -0.385 e. The Morgan fingerprint density at radius 2 is 1.71 bits per heavy atom. The maximum Gasteiger partial charge on any atom is 0.255 e. The van der Waals surface area contributed by atoms with Crippen LogP contribution in [0.1, 0.15) is 29.8 Å². The van der Waals surface area contributed by atoms with E-state index in [9.17, 15) is 4.79 Å². The standard InChI is InChI=1S/C18H22N2O/c1-13(2)12-19-16-7-9-17(10-8-16)20-18(21)15-6-4-5-14(3)11-15/h4-11,13,19H,12H2,1-3H3,(H,20,21). The third-order valence-electron chi connectivity index (χ3n) is 3.14. The average molecular weight is 282 g/mol. The molecular weight excluding hydrogens is 260 g/mol. The van der Waals surface area contributed by atoms with Crippen LogP contribution in [-0.4, -0.2) is 12.5 Å². The lowest BCUT2D eigenvalue weighted by molar-refractivity contribution is 0.102. The molecule has 0 fully saturated rings. The van der Waals surface area contributed by atoms with Gasteiger partial charge in [0, 0.05) is 23.5 Å². The van der Waals surface area contributed by atoms with Gasteiger partial charge in [-0.2, -0.15) is 0 Å². The second kappa shape index (κ2) is 6.93. The summed E-state index contributed by atoms with van der Waals surface area (Å²) in [4.78, 5) is 12.1. The van der Waals surface area contributed by atoms with Gasteiger partial charge < -0.3 is 10.6 Å². The number of hydrogen-bond donors (Lipinski definition) is 2. The number of carbonyl (C=O) groups excluding carboxylic acids is 1. The summed E-state index contributed by atoms with van der Waals surface area (Å²) in [6.07, 6.45) is 0. The van der Waals surface area contributed by atoms with Crippen molar-refractivity contribution in [2.24, 2.45) is 5.92 Å². The summed E-state index contributed by atoms with van der Waals surface area (Å²) in [6, 6.07) is 15.4. The zero-order chi connectivity index (χ0) is 15.2. The Morgan fingerprint density at radius 1 is 1.05 bits per heavy atom. The minimum atomic E-state index is -0.0819. The van der Waals surface area contributed by atoms with E-state index in [4.69, 9.17) is 0 Å². The van der Waals surface area contributed by atoms with Crippen molar-refractivity contribution in [3.05, 3.63) is 59.7 Å². The highest BCUT2D eigenvalue weighted by molar-refractivity contribution is 6.04. The lowest BCUT2D eigenvalue weighted by atomic mass is 10.1. The van der Waals surface area contributed by atoms with Crippen molar-refractivity contribution in [2.45, 2.75) is 20.8 Å². The quantitative estimate of drug-likeness (QED) is 0.857. The summed E-state index contributed by atoms with van der Waals surface area (Å²) in [5.74, 6) is 0.521. The summed E-state index contributed by atoms with van der Waals surface area (Å²) in [5.41, 5.74) is 3.63. The van der Waals surface area contributed by atoms with Gasteiger partial charge in [0.15, 0.2) is 0 Å². The fourth-order valence-electron chi connectivity index (χ4n) is 1.98. The predicted octanol–water partition coefficient (Wildman–Crippen LogP) is 4.32. The molecule has 0 bridgehead atoms. The Labute approximate surface area is 126 Å². The molecule has 3 heteroatoms. The molecule has 0 saturated heterocycles. The molecule has 0 heterocycles. The molecule has 110 valence electrons. The normalized spacial score (nSPS) is 10.5. The molecule has 2 N–H and O–H groups in total. The molecular formula is C18H22N2O. The van der Waals surface area contributed by atoms with Crippen LogP contribution < -0.4 is 10.6 Å². The highest BCUT2D eigenvalue weighted by atomic mass is 16.1. The van der Waals surface area contributed by atoms with E-state index in [0.717, 1.165) is 23.5 Å². The van der Waals surface area contributed by atoms with Gasteiger partial charge in [-0.15, -0.1) is 0 Å². The molecule has 0 saturated carbocycles. The number of carbonyl (C=O) groups is 1. The van der Waals surface area contributed by atoms with Crippen LogP contribution in [0.2, 0.25) is 0 Å². The fourth-order valence-corrected chi connectivity index (χ4v) is 1.98. The van der Waals surface area contributed by atoms with Gasteiger partial charge in [0.25, 0.3) is 5.91 Å². The molecule has 0 spiro atoms. The van der Waals surface area contributed by atoms with Crippen molar-refractivity contribution < 1.29 is 4.79 Å². The highest BCUT2D eigenvalue weighted by Gasteiger charge is 2.05. The van der Waals surface area contributed by atoms with E-state index in [2.05, 4.69) is 24.5 Å². The number of rotatable bonds is 5. The average Bonchev–Trinajstić information content (AvgIpc) is 2.46. The van der Waals surface area contributed by atoms with Gasteiger partial charge in [-0.25, -0.2) is 0 Å². The van der Waals surface area contributed by atoms with Crippen LogP contribution in [0, 0.1) is 12.8 Å². The third-order valence-corrected chi connectivity index (χ3v) is 3.14. The molecule has 0 aliphatic heterocycles. The van der Waals surface area contributed by atoms with Crippen molar-refractivity contribution in [3.63, 3.8) is 0 Å². The molecule has 0 aliphatic rings. The van der Waals surface area contributed by atoms with Gasteiger partial charge in [0.2, 0.25) is 0 Å². The zero-order valence-electron chi connectivity index (χ0n) is 12.8. The first-order chi connectivity index (χ1) is 10.0. The number of benzene rings is 2. The first-order valence-electron chi connectivity index (χ1n) is 7.26. The Balaban J connectivity index is 1.98. The summed E-state index contributed by atoms with van der Waals surface area (Å²) >= 11 is 0. The third kappa shape index (κ3) is 4.63. The van der Waals surface area contributed by atoms with Crippen LogP contribution in [0.3, 0.4) is 0 Å². The molecule has 3 nitrogen and oxygen atoms in total. The first-order valence-corrected chi connectivity index (χ1v) is 7.26. The van der Waals surface area contributed by atoms with E-state index >= 15 is 0 Å². The van der Waals surface area contributed by atoms with Gasteiger partial charge in [-0.1, -0.05) is 31.5 Å². The topological polar surface area (TPSA) is 41.1 Å². The van der Waals surface area contributed by atoms with E-state index in [-0.39, 0.29) is 5.91 Å². The van der Waals surface area contributed by atoms with Crippen LogP contribution in [0.25, 0.3) is 0 Å². The van der Waals surface area contributed by atoms with Crippen LogP contribution in [-0.2, 0) is 0 Å². The highest BCUT2D eigenvalue weighted by Crippen LogP contribution is 2.15. The van der Waals surface area contributed by atoms with Crippen LogP contribution in [0.15, 0.2) is 48.5 Å². The van der Waals surface area contributed by atoms with Crippen LogP contribution in [0.4, 0.5) is 11.4 Å². The summed E-state index contributed by atoms with van der Waals surface area (Å²) in [6.45, 7) is 7.26. The molecule has 0 aromatic heterocycles. The molecule has 2 aromatic carbocycles. The van der Waals surface area contributed by atoms with Gasteiger partial charge in [-0.05, 0) is 49.2 Å². The van der Waals surface area contributed by atoms with Crippen molar-refractivity contribution in [3.8, 4) is 0 Å². The van der Waals surface area contributed by atoms with E-state index in [1.807, 2.05) is 55.5 Å². The Bertz CT molecular complexity index is 603. The number of amides is 1. The summed E-state index contributed by atoms with van der Waals surface area (Å²) in [5, 5.41) is 6.26. The summed E-state index contributed by atoms with van der Waals surface area (Å²) < 4.78 is 0. The second-order valence-corrected chi connectivity index (χ2v) is 5.68. The number of nitrogens with one attached hydrogen (secondary N) is 2. The SMILES string of the molecule is Cc1cccc(C(=O)Nc2ccc(NCC(C)C)cc2)c1. The molecule has 0 unspecified atom stereocenters. The Morgan fingerprint density at radius 3 is 2.33 bits per heavy atom. The first kappa shape index (κ1) is 15.1. The fraction of sp³-hybridized carbons (Fsp3) is 0.278. The lowest BCUT2D eigenvalue weighted by Crippen LogP contribution is -2.12. The Kier molecular flexibility index (Phi) is 4.99. The second-order valence-electron chi connectivity index (χ2n) is 5.68. The molecule has 0 aliphatic carbocycles. The van der Waals surface area contributed by atoms with Crippen molar-refractivity contribution >= 4 is 17.3 Å². The van der Waals surface area contributed by atoms with Crippen LogP contribution in [0.5, 0.6) is 0 Å². The molecule has 2 rings (SSSR count). The maximum absolute atomic E-state index is 12.1. The smallest absolute Gasteiger partial charge is 0.255 e. The molecule has 0 atom stereocenters. The molecule has 21 heavy (non-hydrogen) atoms. The van der Waals surface area contributed by atoms with E-state index in [0.29, 0.717) is 11.5 Å². The Hall–Kier alpha value is -2.29. The molecule has 2 aromatic rings. The van der Waals surface area contributed by atoms with Crippen molar-refractivity contribution in [1.29, 1.82) is 0 Å². The number of anilines is 2. The van der Waals surface area contributed by atoms with Crippen molar-refractivity contribution in [1.82, 2.24) is 0 Å². The zero-order valence-corrected chi connectivity index (χ0v) is 12.8. The van der Waals surface area contributed by atoms with Gasteiger partial charge in [0.1, 0.15) is 0 Å². The van der Waals surface area contributed by atoms with E-state index < -0.39 is 0 Å². The lowest BCUT2D eigenvalue weighted by Gasteiger charge is -2.10. The molecule has 1 amide bonds. The van der Waals surface area contributed by atoms with E-state index in [1.165, 1.54) is 0 Å².